The van der Waals surface area contributed by atoms with E-state index in [1.54, 1.807) is 17.5 Å². The first-order chi connectivity index (χ1) is 13.8. The second kappa shape index (κ2) is 7.09. The molecule has 0 fully saturated rings. The number of hydrogen-bond donors (Lipinski definition) is 1. The van der Waals surface area contributed by atoms with E-state index in [1.807, 2.05) is 30.3 Å². The zero-order chi connectivity index (χ0) is 18.9. The number of nitrogens with zero attached hydrogens (tertiary/aromatic N) is 3. The van der Waals surface area contributed by atoms with E-state index in [-0.39, 0.29) is 0 Å². The number of benzene rings is 1. The zero-order valence-corrected chi connectivity index (χ0v) is 16.1. The van der Waals surface area contributed by atoms with Gasteiger partial charge in [0.1, 0.15) is 16.3 Å². The number of pyridine rings is 1. The van der Waals surface area contributed by atoms with Crippen LogP contribution in [0.15, 0.2) is 48.0 Å². The van der Waals surface area contributed by atoms with Gasteiger partial charge in [0.15, 0.2) is 17.3 Å². The highest BCUT2D eigenvalue weighted by molar-refractivity contribution is 7.17. The fourth-order valence-electron chi connectivity index (χ4n) is 3.24. The van der Waals surface area contributed by atoms with E-state index in [4.69, 9.17) is 19.4 Å². The Hall–Kier alpha value is -3.19. The molecule has 1 aromatic carbocycles. The largest absolute Gasteiger partial charge is 0.454 e. The number of ether oxygens (including phenoxy) is 2. The molecular formula is C21H18N4O2S. The average Bonchev–Trinajstić information content (AvgIpc) is 3.35. The van der Waals surface area contributed by atoms with Gasteiger partial charge in [-0.1, -0.05) is 12.1 Å². The van der Waals surface area contributed by atoms with Crippen molar-refractivity contribution in [1.82, 2.24) is 15.0 Å². The number of aromatic nitrogens is 3. The molecule has 0 amide bonds. The molecule has 7 heteroatoms. The van der Waals surface area contributed by atoms with Crippen molar-refractivity contribution in [2.24, 2.45) is 0 Å². The second-order valence-electron chi connectivity index (χ2n) is 6.57. The quantitative estimate of drug-likeness (QED) is 0.543. The molecule has 28 heavy (non-hydrogen) atoms. The molecule has 1 aliphatic rings. The van der Waals surface area contributed by atoms with E-state index >= 15 is 0 Å². The van der Waals surface area contributed by atoms with Crippen LogP contribution in [0.4, 0.5) is 5.82 Å². The van der Waals surface area contributed by atoms with Crippen LogP contribution in [0, 0.1) is 6.92 Å². The second-order valence-corrected chi connectivity index (χ2v) is 7.43. The summed E-state index contributed by atoms with van der Waals surface area (Å²) in [5, 5.41) is 6.69. The Labute approximate surface area is 166 Å². The number of hydrogen-bond acceptors (Lipinski definition) is 7. The summed E-state index contributed by atoms with van der Waals surface area (Å²) < 4.78 is 10.8. The average molecular weight is 390 g/mol. The molecule has 1 N–H and O–H groups in total. The van der Waals surface area contributed by atoms with Crippen molar-refractivity contribution in [3.63, 3.8) is 0 Å². The Morgan fingerprint density at radius 3 is 2.93 bits per heavy atom. The molecule has 0 saturated carbocycles. The fraction of sp³-hybridized carbons (Fsp3) is 0.190. The van der Waals surface area contributed by atoms with Crippen LogP contribution in [-0.4, -0.2) is 28.3 Å². The lowest BCUT2D eigenvalue weighted by molar-refractivity contribution is 0.174. The Balaban J connectivity index is 1.40. The van der Waals surface area contributed by atoms with Gasteiger partial charge in [-0.15, -0.1) is 11.3 Å². The summed E-state index contributed by atoms with van der Waals surface area (Å²) in [5.74, 6) is 3.11. The zero-order valence-electron chi connectivity index (χ0n) is 15.3. The molecule has 140 valence electrons. The number of nitrogens with one attached hydrogen (secondary N) is 1. The maximum atomic E-state index is 5.46. The van der Waals surface area contributed by atoms with Gasteiger partial charge < -0.3 is 14.8 Å². The minimum atomic E-state index is 0.295. The molecule has 0 spiro atoms. The topological polar surface area (TPSA) is 69.2 Å². The SMILES string of the molecule is Cc1csc2nc(-c3ccccn3)nc(NCCc3ccc4c(c3)OCO4)c12. The van der Waals surface area contributed by atoms with Crippen molar-refractivity contribution < 1.29 is 9.47 Å². The van der Waals surface area contributed by atoms with E-state index < -0.39 is 0 Å². The third-order valence-electron chi connectivity index (χ3n) is 4.65. The Kier molecular flexibility index (Phi) is 4.29. The van der Waals surface area contributed by atoms with E-state index in [9.17, 15) is 0 Å². The molecule has 3 aromatic heterocycles. The normalized spacial score (nSPS) is 12.5. The van der Waals surface area contributed by atoms with Gasteiger partial charge in [0, 0.05) is 12.7 Å². The van der Waals surface area contributed by atoms with Crippen LogP contribution in [0.25, 0.3) is 21.7 Å². The van der Waals surface area contributed by atoms with Crippen molar-refractivity contribution in [2.75, 3.05) is 18.7 Å². The first-order valence-electron chi connectivity index (χ1n) is 9.07. The van der Waals surface area contributed by atoms with Crippen LogP contribution in [0.2, 0.25) is 0 Å². The van der Waals surface area contributed by atoms with Gasteiger partial charge in [0.2, 0.25) is 6.79 Å². The Morgan fingerprint density at radius 2 is 2.04 bits per heavy atom. The predicted molar refractivity (Wildman–Crippen MR) is 110 cm³/mol. The minimum absolute atomic E-state index is 0.295. The lowest BCUT2D eigenvalue weighted by atomic mass is 10.1. The van der Waals surface area contributed by atoms with Gasteiger partial charge in [-0.3, -0.25) is 4.98 Å². The molecule has 0 radical (unpaired) electrons. The molecule has 0 bridgehead atoms. The monoisotopic (exact) mass is 390 g/mol. The van der Waals surface area contributed by atoms with Gasteiger partial charge in [0.25, 0.3) is 0 Å². The van der Waals surface area contributed by atoms with Gasteiger partial charge in [-0.05, 0) is 54.1 Å². The molecular weight excluding hydrogens is 372 g/mol. The predicted octanol–water partition coefficient (Wildman–Crippen LogP) is 4.45. The minimum Gasteiger partial charge on any atom is -0.454 e. The van der Waals surface area contributed by atoms with Gasteiger partial charge in [-0.25, -0.2) is 9.97 Å². The van der Waals surface area contributed by atoms with Crippen molar-refractivity contribution >= 4 is 27.4 Å². The van der Waals surface area contributed by atoms with Crippen molar-refractivity contribution in [2.45, 2.75) is 13.3 Å². The lowest BCUT2D eigenvalue weighted by Crippen LogP contribution is -2.08. The number of thiophene rings is 1. The number of anilines is 1. The molecule has 1 aliphatic heterocycles. The summed E-state index contributed by atoms with van der Waals surface area (Å²) in [6.07, 6.45) is 2.61. The van der Waals surface area contributed by atoms with Crippen LogP contribution in [0.5, 0.6) is 11.5 Å². The molecule has 4 heterocycles. The molecule has 4 aromatic rings. The summed E-state index contributed by atoms with van der Waals surface area (Å²) in [4.78, 5) is 14.8. The summed E-state index contributed by atoms with van der Waals surface area (Å²) in [6.45, 7) is 3.14. The molecule has 0 atom stereocenters. The highest BCUT2D eigenvalue weighted by atomic mass is 32.1. The van der Waals surface area contributed by atoms with Gasteiger partial charge in [0.05, 0.1) is 5.39 Å². The van der Waals surface area contributed by atoms with E-state index in [2.05, 4.69) is 28.7 Å². The van der Waals surface area contributed by atoms with Crippen LogP contribution in [0.3, 0.4) is 0 Å². The van der Waals surface area contributed by atoms with Crippen molar-refractivity contribution in [1.29, 1.82) is 0 Å². The third-order valence-corrected chi connectivity index (χ3v) is 5.64. The fourth-order valence-corrected chi connectivity index (χ4v) is 4.16. The summed E-state index contributed by atoms with van der Waals surface area (Å²) >= 11 is 1.63. The molecule has 0 saturated heterocycles. The number of rotatable bonds is 5. The van der Waals surface area contributed by atoms with Crippen LogP contribution < -0.4 is 14.8 Å². The van der Waals surface area contributed by atoms with Crippen LogP contribution in [0.1, 0.15) is 11.1 Å². The number of aryl methyl sites for hydroxylation is 1. The summed E-state index contributed by atoms with van der Waals surface area (Å²) in [5.41, 5.74) is 3.14. The standard InChI is InChI=1S/C21H18N4O2S/c1-13-11-28-21-18(13)20(24-19(25-21)15-4-2-3-8-22-15)23-9-7-14-5-6-16-17(10-14)27-12-26-16/h2-6,8,10-11H,7,9,12H2,1H3,(H,23,24,25). The van der Waals surface area contributed by atoms with Gasteiger partial charge >= 0.3 is 0 Å². The highest BCUT2D eigenvalue weighted by Crippen LogP contribution is 2.33. The van der Waals surface area contributed by atoms with E-state index in [0.29, 0.717) is 12.6 Å². The Morgan fingerprint density at radius 1 is 1.11 bits per heavy atom. The van der Waals surface area contributed by atoms with Crippen molar-refractivity contribution in [3.05, 3.63) is 59.1 Å². The first-order valence-corrected chi connectivity index (χ1v) is 9.95. The van der Waals surface area contributed by atoms with Crippen molar-refractivity contribution in [3.8, 4) is 23.0 Å². The van der Waals surface area contributed by atoms with Crippen LogP contribution >= 0.6 is 11.3 Å². The smallest absolute Gasteiger partial charge is 0.231 e. The molecule has 5 rings (SSSR count). The third kappa shape index (κ3) is 3.14. The highest BCUT2D eigenvalue weighted by Gasteiger charge is 2.15. The van der Waals surface area contributed by atoms with E-state index in [0.717, 1.165) is 46.2 Å². The lowest BCUT2D eigenvalue weighted by Gasteiger charge is -2.10. The molecule has 0 aliphatic carbocycles. The summed E-state index contributed by atoms with van der Waals surface area (Å²) in [6, 6.07) is 11.8. The maximum Gasteiger partial charge on any atom is 0.231 e. The Bertz CT molecular complexity index is 1140. The molecule has 0 unspecified atom stereocenters. The summed E-state index contributed by atoms with van der Waals surface area (Å²) in [7, 11) is 0. The first kappa shape index (κ1) is 16.9. The van der Waals surface area contributed by atoms with Gasteiger partial charge in [-0.2, -0.15) is 0 Å². The number of fused-ring (bicyclic) bond motifs is 2. The maximum absolute atomic E-state index is 5.46. The van der Waals surface area contributed by atoms with E-state index in [1.165, 1.54) is 11.1 Å². The molecule has 6 nitrogen and oxygen atoms in total. The van der Waals surface area contributed by atoms with Crippen LogP contribution in [-0.2, 0) is 6.42 Å².